The van der Waals surface area contributed by atoms with Gasteiger partial charge in [0.05, 0.1) is 29.7 Å². The first-order valence-corrected chi connectivity index (χ1v) is 14.2. The zero-order chi connectivity index (χ0) is 26.4. The summed E-state index contributed by atoms with van der Waals surface area (Å²) in [4.78, 5) is 3.36. The maximum absolute atomic E-state index is 10.4. The fraction of sp³-hybridized carbons (Fsp3) is 0.433. The first-order chi connectivity index (χ1) is 18.3. The van der Waals surface area contributed by atoms with E-state index in [4.69, 9.17) is 10.5 Å². The first kappa shape index (κ1) is 24.6. The van der Waals surface area contributed by atoms with E-state index in [2.05, 4.69) is 83.0 Å². The quantitative estimate of drug-likeness (QED) is 0.273. The lowest BCUT2D eigenvalue weighted by molar-refractivity contribution is -0.777. The summed E-state index contributed by atoms with van der Waals surface area (Å²) in [7, 11) is 0. The number of allylic oxidation sites excluding steroid dienone is 1. The van der Waals surface area contributed by atoms with Gasteiger partial charge in [-0.25, -0.2) is 0 Å². The van der Waals surface area contributed by atoms with Crippen molar-refractivity contribution in [3.8, 4) is 0 Å². The summed E-state index contributed by atoms with van der Waals surface area (Å²) < 4.78 is 14.0. The first-order valence-electron chi connectivity index (χ1n) is 13.4. The molecule has 2 aromatic rings. The van der Waals surface area contributed by atoms with Gasteiger partial charge in [0.1, 0.15) is 0 Å². The molecule has 2 N–H and O–H groups in total. The molecule has 0 aromatic heterocycles. The van der Waals surface area contributed by atoms with Gasteiger partial charge in [-0.05, 0) is 55.7 Å². The number of benzene rings is 2. The van der Waals surface area contributed by atoms with Crippen LogP contribution in [0.15, 0.2) is 64.2 Å². The molecule has 0 saturated carbocycles. The van der Waals surface area contributed by atoms with Crippen LogP contribution in [0.25, 0.3) is 0 Å². The van der Waals surface area contributed by atoms with Gasteiger partial charge in [-0.2, -0.15) is 8.91 Å². The molecule has 0 aliphatic carbocycles. The van der Waals surface area contributed by atoms with E-state index in [1.165, 1.54) is 50.6 Å². The molecule has 2 unspecified atom stereocenters. The Morgan fingerprint density at radius 1 is 1.08 bits per heavy atom. The molecule has 5 aliphatic rings. The third-order valence-electron chi connectivity index (χ3n) is 9.18. The molecule has 2 aromatic carbocycles. The van der Waals surface area contributed by atoms with E-state index < -0.39 is 0 Å². The number of hydrogen-bond acceptors (Lipinski definition) is 7. The third kappa shape index (κ3) is 3.31. The zero-order valence-corrected chi connectivity index (χ0v) is 23.1. The van der Waals surface area contributed by atoms with Gasteiger partial charge in [0.25, 0.3) is 0 Å². The fourth-order valence-electron chi connectivity index (χ4n) is 7.55. The van der Waals surface area contributed by atoms with E-state index in [1.54, 1.807) is 0 Å². The van der Waals surface area contributed by atoms with Crippen LogP contribution in [0.1, 0.15) is 57.2 Å². The molecule has 0 spiro atoms. The molecule has 0 saturated heterocycles. The number of nitrogens with two attached hydrogens (primary N) is 1. The van der Waals surface area contributed by atoms with Crippen LogP contribution in [-0.4, -0.2) is 35.6 Å². The van der Waals surface area contributed by atoms with E-state index >= 15 is 0 Å². The van der Waals surface area contributed by atoms with Crippen molar-refractivity contribution in [3.63, 3.8) is 0 Å². The maximum atomic E-state index is 10.4. The molecule has 198 valence electrons. The largest absolute Gasteiger partial charge is 0.691 e. The van der Waals surface area contributed by atoms with E-state index in [9.17, 15) is 5.26 Å². The lowest BCUT2D eigenvalue weighted by atomic mass is 9.74. The number of anilines is 1. The molecule has 2 atom stereocenters. The summed E-state index contributed by atoms with van der Waals surface area (Å²) in [6.45, 7) is 11.7. The average molecular weight is 532 g/mol. The van der Waals surface area contributed by atoms with Crippen molar-refractivity contribution in [1.82, 2.24) is 0 Å². The summed E-state index contributed by atoms with van der Waals surface area (Å²) in [5, 5.41) is 14.0. The van der Waals surface area contributed by atoms with Gasteiger partial charge in [0, 0.05) is 64.0 Å². The topological polar surface area (TPSA) is 83.0 Å². The van der Waals surface area contributed by atoms with E-state index in [0.717, 1.165) is 42.9 Å². The Bertz CT molecular complexity index is 1460. The second kappa shape index (κ2) is 8.52. The Labute approximate surface area is 227 Å². The molecule has 5 aliphatic heterocycles. The molecule has 7 rings (SSSR count). The highest BCUT2D eigenvalue weighted by atomic mass is 32.2. The van der Waals surface area contributed by atoms with Gasteiger partial charge >= 0.3 is 0 Å². The number of fused-ring (bicyclic) bond motifs is 8. The molecular formula is C30H33N3O4S. The molecule has 5 heterocycles. The van der Waals surface area contributed by atoms with Gasteiger partial charge in [-0.1, -0.05) is 26.0 Å². The van der Waals surface area contributed by atoms with Crippen LogP contribution >= 0.6 is 12.0 Å². The van der Waals surface area contributed by atoms with Crippen LogP contribution in [-0.2, 0) is 31.5 Å². The minimum absolute atomic E-state index is 0.0949. The third-order valence-corrected chi connectivity index (χ3v) is 9.75. The van der Waals surface area contributed by atoms with Crippen molar-refractivity contribution in [2.75, 3.05) is 18.0 Å². The highest BCUT2D eigenvalue weighted by molar-refractivity contribution is 7.94. The minimum Gasteiger partial charge on any atom is -0.691 e. The van der Waals surface area contributed by atoms with Crippen LogP contribution < -0.4 is 15.9 Å². The molecular weight excluding hydrogens is 498 g/mol. The maximum Gasteiger partial charge on any atom is 0.209 e. The summed E-state index contributed by atoms with van der Waals surface area (Å²) >= 11 is 0.942. The molecule has 0 bridgehead atoms. The Hall–Kier alpha value is -2.46. The normalized spacial score (nSPS) is 25.8. The minimum atomic E-state index is -0.227. The van der Waals surface area contributed by atoms with Gasteiger partial charge in [-0.3, -0.25) is 5.04 Å². The molecule has 0 radical (unpaired) electrons. The van der Waals surface area contributed by atoms with Crippen molar-refractivity contribution < 1.29 is 23.9 Å². The van der Waals surface area contributed by atoms with Gasteiger partial charge in [-0.15, -0.1) is 0 Å². The fourth-order valence-corrected chi connectivity index (χ4v) is 7.95. The average Bonchev–Trinajstić information content (AvgIpc) is 3.29. The van der Waals surface area contributed by atoms with Crippen molar-refractivity contribution in [2.24, 2.45) is 5.73 Å². The van der Waals surface area contributed by atoms with E-state index in [0.29, 0.717) is 6.54 Å². The Morgan fingerprint density at radius 2 is 1.92 bits per heavy atom. The van der Waals surface area contributed by atoms with Crippen LogP contribution in [0.3, 0.4) is 0 Å². The van der Waals surface area contributed by atoms with Crippen LogP contribution in [0, 0.1) is 0 Å². The Morgan fingerprint density at radius 3 is 2.71 bits per heavy atom. The predicted molar refractivity (Wildman–Crippen MR) is 145 cm³/mol. The lowest BCUT2D eigenvalue weighted by Crippen LogP contribution is -2.47. The number of rotatable bonds is 4. The number of nitrogens with zero attached hydrogens (tertiary/aromatic N) is 2. The van der Waals surface area contributed by atoms with Crippen molar-refractivity contribution in [3.05, 3.63) is 76.0 Å². The van der Waals surface area contributed by atoms with Crippen LogP contribution in [0.5, 0.6) is 0 Å². The van der Waals surface area contributed by atoms with E-state index in [-0.39, 0.29) is 23.0 Å². The Kier molecular flexibility index (Phi) is 5.51. The number of hydrogen-bond donors (Lipinski definition) is 1. The predicted octanol–water partition coefficient (Wildman–Crippen LogP) is 4.31. The molecule has 8 heteroatoms. The van der Waals surface area contributed by atoms with Gasteiger partial charge < -0.3 is 20.6 Å². The monoisotopic (exact) mass is 531 g/mol. The summed E-state index contributed by atoms with van der Waals surface area (Å²) in [5.74, 6) is 0. The highest BCUT2D eigenvalue weighted by Gasteiger charge is 2.54. The lowest BCUT2D eigenvalue weighted by Gasteiger charge is -2.42. The zero-order valence-electron chi connectivity index (χ0n) is 22.2. The van der Waals surface area contributed by atoms with Crippen molar-refractivity contribution >= 4 is 29.1 Å². The van der Waals surface area contributed by atoms with Gasteiger partial charge in [0.2, 0.25) is 5.69 Å². The highest BCUT2D eigenvalue weighted by Crippen LogP contribution is 2.54. The smallest absolute Gasteiger partial charge is 0.209 e. The molecule has 7 nitrogen and oxygen atoms in total. The standard InChI is InChI=1S/C30H33N3O4S/c1-29(2)21-13-17(16-31)5-7-23(21)32-11-9-25-19(27(29)32)15-20-26(35-25)10-12-33-24-8-6-18(38-37-36-34)14-22(24)30(3,4)28(20)33/h5-8,13-15,25-26H,9-12,16,31H2,1-4H3. The second-order valence-electron chi connectivity index (χ2n) is 12.0. The summed E-state index contributed by atoms with van der Waals surface area (Å²) in [6.07, 6.45) is 4.62. The van der Waals surface area contributed by atoms with Crippen LogP contribution in [0.4, 0.5) is 11.4 Å². The van der Waals surface area contributed by atoms with Crippen LogP contribution in [0.2, 0.25) is 0 Å². The molecule has 0 amide bonds. The number of ether oxygens (including phenoxy) is 1. The SMILES string of the molecule is CC1(C)C2=C3C=C4C5=[N+](CCC4OC3CCN2c2ccc(CN)cc21)c1ccc(SOO[O-])cc1C5(C)C. The van der Waals surface area contributed by atoms with Crippen molar-refractivity contribution in [1.29, 1.82) is 0 Å². The summed E-state index contributed by atoms with van der Waals surface area (Å²) in [5.41, 5.74) is 17.2. The van der Waals surface area contributed by atoms with Crippen molar-refractivity contribution in [2.45, 2.75) is 75.0 Å². The molecule has 0 fully saturated rings. The molecule has 38 heavy (non-hydrogen) atoms. The van der Waals surface area contributed by atoms with E-state index in [1.807, 2.05) is 6.07 Å². The van der Waals surface area contributed by atoms with Gasteiger partial charge in [0.15, 0.2) is 12.3 Å². The second-order valence-corrected chi connectivity index (χ2v) is 12.7. The Balaban J connectivity index is 1.37. The summed E-state index contributed by atoms with van der Waals surface area (Å²) in [6, 6.07) is 12.9.